The molecule has 1 rings (SSSR count). The van der Waals surface area contributed by atoms with E-state index in [4.69, 9.17) is 11.1 Å². The maximum Gasteiger partial charge on any atom is 0.217 e. The van der Waals surface area contributed by atoms with Crippen LogP contribution in [0.5, 0.6) is 0 Å². The highest BCUT2D eigenvalue weighted by Gasteiger charge is 2.25. The maximum atomic E-state index is 12.6. The molecule has 0 spiro atoms. The molecule has 0 unspecified atom stereocenters. The molecule has 1 aromatic rings. The molecule has 0 aromatic heterocycles. The van der Waals surface area contributed by atoms with Crippen LogP contribution in [0.25, 0.3) is 0 Å². The molecule has 13 heavy (non-hydrogen) atoms. The van der Waals surface area contributed by atoms with Crippen LogP contribution < -0.4 is 5.19 Å². The van der Waals surface area contributed by atoms with Crippen LogP contribution in [0.4, 0.5) is 22.0 Å². The first-order valence-electron chi connectivity index (χ1n) is 2.88. The van der Waals surface area contributed by atoms with Gasteiger partial charge in [-0.1, -0.05) is 0 Å². The van der Waals surface area contributed by atoms with Crippen molar-refractivity contribution in [2.24, 2.45) is 0 Å². The molecule has 0 saturated carbocycles. The molecule has 0 atom stereocenters. The summed E-state index contributed by atoms with van der Waals surface area (Å²) >= 11 is 5.03. The lowest BCUT2D eigenvalue weighted by atomic mass is 10.3. The van der Waals surface area contributed by atoms with Crippen LogP contribution in [0.2, 0.25) is 0 Å². The zero-order valence-electron chi connectivity index (χ0n) is 5.77. The molecule has 0 aliphatic rings. The van der Waals surface area contributed by atoms with Gasteiger partial charge in [0.2, 0.25) is 14.6 Å². The van der Waals surface area contributed by atoms with E-state index in [-0.39, 0.29) is 0 Å². The van der Waals surface area contributed by atoms with Gasteiger partial charge in [0.25, 0.3) is 0 Å². The zero-order valence-corrected chi connectivity index (χ0v) is 7.52. The Labute approximate surface area is 76.8 Å². The van der Waals surface area contributed by atoms with Crippen molar-refractivity contribution >= 4 is 25.1 Å². The van der Waals surface area contributed by atoms with Crippen LogP contribution in [0.1, 0.15) is 0 Å². The summed E-state index contributed by atoms with van der Waals surface area (Å²) in [6.45, 7) is 0. The Balaban J connectivity index is 3.56. The van der Waals surface area contributed by atoms with E-state index in [1.165, 1.54) is 0 Å². The lowest BCUT2D eigenvalue weighted by Crippen LogP contribution is -2.24. The highest BCUT2D eigenvalue weighted by atomic mass is 35.6. The molecule has 1 aromatic carbocycles. The molecule has 0 fully saturated rings. The molecular weight excluding hydrogens is 231 g/mol. The van der Waals surface area contributed by atoms with E-state index < -0.39 is 43.1 Å². The Morgan fingerprint density at radius 3 is 1.31 bits per heavy atom. The summed E-state index contributed by atoms with van der Waals surface area (Å²) in [6.07, 6.45) is 0. The highest BCUT2D eigenvalue weighted by molar-refractivity contribution is 7.01. The lowest BCUT2D eigenvalue weighted by Gasteiger charge is -2.03. The summed E-state index contributed by atoms with van der Waals surface area (Å²) in [4.78, 5) is 0. The fraction of sp³-hybridized carbons (Fsp3) is 0. The number of halogens is 6. The Bertz CT molecular complexity index is 324. The molecule has 0 heterocycles. The summed E-state index contributed by atoms with van der Waals surface area (Å²) < 4.78 is 62.3. The Morgan fingerprint density at radius 1 is 0.692 bits per heavy atom. The summed E-state index contributed by atoms with van der Waals surface area (Å²) in [7, 11) is -1.01. The van der Waals surface area contributed by atoms with Gasteiger partial charge in [0.1, 0.15) is 0 Å². The normalized spacial score (nSPS) is 10.6. The zero-order chi connectivity index (χ0) is 10.2. The monoisotopic (exact) mass is 230 g/mol. The quantitative estimate of drug-likeness (QED) is 0.227. The third kappa shape index (κ3) is 1.55. The van der Waals surface area contributed by atoms with Gasteiger partial charge < -0.3 is 0 Å². The van der Waals surface area contributed by atoms with Gasteiger partial charge >= 0.3 is 0 Å². The van der Waals surface area contributed by atoms with Gasteiger partial charge in [-0.15, -0.1) is 0 Å². The Hall–Kier alpha value is -0.623. The average Bonchev–Trinajstić information content (AvgIpc) is 2.13. The van der Waals surface area contributed by atoms with Gasteiger partial charge in [0, 0.05) is 5.19 Å². The summed E-state index contributed by atoms with van der Waals surface area (Å²) in [5, 5.41) is -0.988. The van der Waals surface area contributed by atoms with Gasteiger partial charge in [-0.25, -0.2) is 22.0 Å². The Kier molecular flexibility index (Phi) is 2.92. The first-order valence-corrected chi connectivity index (χ1v) is 4.90. The van der Waals surface area contributed by atoms with Gasteiger partial charge in [-0.3, -0.25) is 0 Å². The fourth-order valence-electron chi connectivity index (χ4n) is 0.688. The van der Waals surface area contributed by atoms with E-state index >= 15 is 0 Å². The third-order valence-corrected chi connectivity index (χ3v) is 2.50. The average molecular weight is 231 g/mol. The molecule has 0 nitrogen and oxygen atoms in total. The van der Waals surface area contributed by atoms with Crippen molar-refractivity contribution in [1.82, 2.24) is 0 Å². The van der Waals surface area contributed by atoms with Gasteiger partial charge in [-0.05, 0) is 0 Å². The van der Waals surface area contributed by atoms with Crippen LogP contribution in [-0.4, -0.2) is 8.83 Å². The summed E-state index contributed by atoms with van der Waals surface area (Å²) in [5.74, 6) is -9.85. The summed E-state index contributed by atoms with van der Waals surface area (Å²) in [6, 6.07) is 0. The topological polar surface area (TPSA) is 0 Å². The van der Waals surface area contributed by atoms with Crippen LogP contribution in [0.3, 0.4) is 0 Å². The number of hydrogen-bond donors (Lipinski definition) is 0. The second-order valence-corrected chi connectivity index (χ2v) is 3.30. The minimum absolute atomic E-state index is 0.988. The van der Waals surface area contributed by atoms with Crippen LogP contribution in [-0.2, 0) is 0 Å². The molecule has 0 saturated heterocycles. The molecule has 0 aliphatic heterocycles. The van der Waals surface area contributed by atoms with E-state index in [0.717, 1.165) is 0 Å². The smallest absolute Gasteiger partial charge is 0.204 e. The van der Waals surface area contributed by atoms with E-state index in [9.17, 15) is 22.0 Å². The second kappa shape index (κ2) is 3.63. The number of rotatable bonds is 1. The van der Waals surface area contributed by atoms with Gasteiger partial charge in [0.15, 0.2) is 23.3 Å². The lowest BCUT2D eigenvalue weighted by molar-refractivity contribution is 0.384. The Morgan fingerprint density at radius 2 is 1.00 bits per heavy atom. The van der Waals surface area contributed by atoms with E-state index in [2.05, 4.69) is 0 Å². The molecule has 0 N–H and O–H groups in total. The molecule has 0 bridgehead atoms. The summed E-state index contributed by atoms with van der Waals surface area (Å²) in [5.41, 5.74) is 0. The van der Waals surface area contributed by atoms with Crippen molar-refractivity contribution in [1.29, 1.82) is 0 Å². The van der Waals surface area contributed by atoms with E-state index in [1.807, 2.05) is 0 Å². The molecule has 0 amide bonds. The maximum absolute atomic E-state index is 12.6. The van der Waals surface area contributed by atoms with Gasteiger partial charge in [0.05, 0.1) is 0 Å². The minimum Gasteiger partial charge on any atom is -0.204 e. The number of benzene rings is 1. The largest absolute Gasteiger partial charge is 0.217 e. The predicted octanol–water partition coefficient (Wildman–Crippen LogP) is 1.87. The van der Waals surface area contributed by atoms with Crippen molar-refractivity contribution < 1.29 is 22.0 Å². The molecule has 70 valence electrons. The van der Waals surface area contributed by atoms with Crippen LogP contribution >= 0.6 is 11.1 Å². The first-order chi connectivity index (χ1) is 6.00. The first kappa shape index (κ1) is 10.5. The van der Waals surface area contributed by atoms with Crippen LogP contribution in [0, 0.1) is 29.1 Å². The predicted molar refractivity (Wildman–Crippen MR) is 37.5 cm³/mol. The molecular formula is C6ClF5Si. The SMILES string of the molecule is Fc1c(F)c(F)c([Si]Cl)c(F)c1F. The minimum atomic E-state index is -2.17. The van der Waals surface area contributed by atoms with Crippen LogP contribution in [0.15, 0.2) is 0 Å². The van der Waals surface area contributed by atoms with Gasteiger partial charge in [-0.2, -0.15) is 11.1 Å². The fourth-order valence-corrected chi connectivity index (χ4v) is 1.57. The van der Waals surface area contributed by atoms with Crippen molar-refractivity contribution in [2.75, 3.05) is 0 Å². The van der Waals surface area contributed by atoms with Crippen molar-refractivity contribution in [3.05, 3.63) is 29.1 Å². The van der Waals surface area contributed by atoms with E-state index in [1.54, 1.807) is 0 Å². The molecule has 0 aliphatic carbocycles. The van der Waals surface area contributed by atoms with Crippen molar-refractivity contribution in [3.63, 3.8) is 0 Å². The van der Waals surface area contributed by atoms with Crippen molar-refractivity contribution in [3.8, 4) is 0 Å². The number of hydrogen-bond acceptors (Lipinski definition) is 0. The second-order valence-electron chi connectivity index (χ2n) is 2.04. The molecule has 2 radical (unpaired) electrons. The standard InChI is InChI=1S/C6ClF5Si/c7-13-6-4(11)2(9)1(8)3(10)5(6)12. The molecule has 7 heteroatoms. The third-order valence-electron chi connectivity index (χ3n) is 1.30. The highest BCUT2D eigenvalue weighted by Crippen LogP contribution is 2.15. The van der Waals surface area contributed by atoms with E-state index in [0.29, 0.717) is 0 Å². The van der Waals surface area contributed by atoms with Crippen molar-refractivity contribution in [2.45, 2.75) is 0 Å².